The summed E-state index contributed by atoms with van der Waals surface area (Å²) in [5.74, 6) is -0.173. The number of aromatic carboxylic acids is 2. The van der Waals surface area contributed by atoms with Crippen molar-refractivity contribution in [3.8, 4) is 23.0 Å². The number of benzene rings is 3. The van der Waals surface area contributed by atoms with Crippen LogP contribution in [0.1, 0.15) is 20.7 Å². The molecule has 26 heavy (non-hydrogen) atoms. The van der Waals surface area contributed by atoms with Crippen molar-refractivity contribution in [2.45, 2.75) is 0 Å². The van der Waals surface area contributed by atoms with E-state index in [0.717, 1.165) is 0 Å². The first kappa shape index (κ1) is 17.0. The summed E-state index contributed by atoms with van der Waals surface area (Å²) in [5, 5.41) is 17.9. The highest BCUT2D eigenvalue weighted by Gasteiger charge is 2.07. The summed E-state index contributed by atoms with van der Waals surface area (Å²) >= 11 is 0. The van der Waals surface area contributed by atoms with Crippen LogP contribution in [0.2, 0.25) is 0 Å². The molecule has 3 aromatic carbocycles. The second-order valence-corrected chi connectivity index (χ2v) is 5.34. The van der Waals surface area contributed by atoms with Crippen molar-refractivity contribution in [3.05, 3.63) is 83.9 Å². The number of hydrogen-bond acceptors (Lipinski definition) is 4. The lowest BCUT2D eigenvalue weighted by Crippen LogP contribution is -1.96. The van der Waals surface area contributed by atoms with Crippen LogP contribution in [0.25, 0.3) is 0 Å². The Bertz CT molecular complexity index is 947. The molecule has 0 aliphatic heterocycles. The zero-order valence-corrected chi connectivity index (χ0v) is 13.5. The van der Waals surface area contributed by atoms with Crippen LogP contribution in [0.4, 0.5) is 0 Å². The maximum atomic E-state index is 11.0. The summed E-state index contributed by atoms with van der Waals surface area (Å²) < 4.78 is 11.4. The Kier molecular flexibility index (Phi) is 4.85. The summed E-state index contributed by atoms with van der Waals surface area (Å²) in [7, 11) is 0. The lowest BCUT2D eigenvalue weighted by atomic mass is 10.2. The molecule has 0 heterocycles. The Labute approximate surface area is 148 Å². The third-order valence-corrected chi connectivity index (χ3v) is 3.46. The van der Waals surface area contributed by atoms with E-state index in [1.165, 1.54) is 24.3 Å². The van der Waals surface area contributed by atoms with E-state index in [1.54, 1.807) is 48.5 Å². The zero-order chi connectivity index (χ0) is 18.5. The Balaban J connectivity index is 1.75. The van der Waals surface area contributed by atoms with Gasteiger partial charge in [0.15, 0.2) is 0 Å². The molecule has 0 atom stereocenters. The van der Waals surface area contributed by atoms with Crippen LogP contribution in [0.5, 0.6) is 23.0 Å². The van der Waals surface area contributed by atoms with Gasteiger partial charge in [0, 0.05) is 6.07 Å². The van der Waals surface area contributed by atoms with E-state index in [0.29, 0.717) is 23.0 Å². The van der Waals surface area contributed by atoms with Gasteiger partial charge in [0.1, 0.15) is 23.0 Å². The van der Waals surface area contributed by atoms with Gasteiger partial charge in [0.05, 0.1) is 11.1 Å². The van der Waals surface area contributed by atoms with Crippen LogP contribution in [0.15, 0.2) is 72.8 Å². The van der Waals surface area contributed by atoms with Gasteiger partial charge >= 0.3 is 11.9 Å². The molecular weight excluding hydrogens is 336 g/mol. The van der Waals surface area contributed by atoms with Crippen molar-refractivity contribution in [3.63, 3.8) is 0 Å². The number of hydrogen-bond donors (Lipinski definition) is 2. The lowest BCUT2D eigenvalue weighted by molar-refractivity contribution is 0.0686. The molecule has 3 aromatic rings. The Morgan fingerprint density at radius 2 is 1.08 bits per heavy atom. The van der Waals surface area contributed by atoms with E-state index in [9.17, 15) is 9.59 Å². The Hall–Kier alpha value is -3.80. The SMILES string of the molecule is O=C(O)c1ccc(Oc2cccc(Oc3cccc(C(=O)O)c3)c2)cc1. The molecule has 0 fully saturated rings. The van der Waals surface area contributed by atoms with E-state index in [2.05, 4.69) is 0 Å². The molecular formula is C20H14O6. The van der Waals surface area contributed by atoms with Crippen molar-refractivity contribution in [2.75, 3.05) is 0 Å². The molecule has 0 amide bonds. The topological polar surface area (TPSA) is 93.1 Å². The lowest BCUT2D eigenvalue weighted by Gasteiger charge is -2.09. The van der Waals surface area contributed by atoms with E-state index >= 15 is 0 Å². The predicted octanol–water partition coefficient (Wildman–Crippen LogP) is 4.67. The standard InChI is InChI=1S/C20H14O6/c21-19(22)13-7-9-15(10-8-13)25-17-5-2-6-18(12-17)26-16-4-1-3-14(11-16)20(23)24/h1-12H,(H,21,22)(H,23,24). The maximum absolute atomic E-state index is 11.0. The molecule has 130 valence electrons. The molecule has 0 aliphatic carbocycles. The highest BCUT2D eigenvalue weighted by atomic mass is 16.5. The monoisotopic (exact) mass is 350 g/mol. The molecule has 0 unspecified atom stereocenters. The predicted molar refractivity (Wildman–Crippen MR) is 93.4 cm³/mol. The van der Waals surface area contributed by atoms with Crippen molar-refractivity contribution in [2.24, 2.45) is 0 Å². The smallest absolute Gasteiger partial charge is 0.335 e. The fourth-order valence-electron chi connectivity index (χ4n) is 2.23. The fraction of sp³-hybridized carbons (Fsp3) is 0. The van der Waals surface area contributed by atoms with Crippen molar-refractivity contribution >= 4 is 11.9 Å². The molecule has 3 rings (SSSR count). The largest absolute Gasteiger partial charge is 0.478 e. The van der Waals surface area contributed by atoms with Gasteiger partial charge in [-0.3, -0.25) is 0 Å². The number of ether oxygens (including phenoxy) is 2. The van der Waals surface area contributed by atoms with E-state index in [-0.39, 0.29) is 11.1 Å². The second kappa shape index (κ2) is 7.40. The quantitative estimate of drug-likeness (QED) is 0.671. The van der Waals surface area contributed by atoms with Crippen molar-refractivity contribution in [1.29, 1.82) is 0 Å². The van der Waals surface area contributed by atoms with Gasteiger partial charge in [0.25, 0.3) is 0 Å². The second-order valence-electron chi connectivity index (χ2n) is 5.34. The average Bonchev–Trinajstić information content (AvgIpc) is 2.62. The van der Waals surface area contributed by atoms with Crippen LogP contribution >= 0.6 is 0 Å². The normalized spacial score (nSPS) is 10.2. The average molecular weight is 350 g/mol. The summed E-state index contributed by atoms with van der Waals surface area (Å²) in [4.78, 5) is 21.9. The fourth-order valence-corrected chi connectivity index (χ4v) is 2.23. The van der Waals surface area contributed by atoms with Crippen LogP contribution in [0.3, 0.4) is 0 Å². The van der Waals surface area contributed by atoms with E-state index in [1.807, 2.05) is 0 Å². The number of rotatable bonds is 6. The third kappa shape index (κ3) is 4.18. The molecule has 6 nitrogen and oxygen atoms in total. The first-order valence-corrected chi connectivity index (χ1v) is 7.64. The van der Waals surface area contributed by atoms with E-state index < -0.39 is 11.9 Å². The summed E-state index contributed by atoms with van der Waals surface area (Å²) in [6, 6.07) is 19.0. The van der Waals surface area contributed by atoms with Gasteiger partial charge in [-0.05, 0) is 54.6 Å². The third-order valence-electron chi connectivity index (χ3n) is 3.46. The molecule has 2 N–H and O–H groups in total. The van der Waals surface area contributed by atoms with Crippen LogP contribution in [-0.2, 0) is 0 Å². The molecule has 0 saturated carbocycles. The van der Waals surface area contributed by atoms with Crippen molar-refractivity contribution in [1.82, 2.24) is 0 Å². The van der Waals surface area contributed by atoms with Crippen molar-refractivity contribution < 1.29 is 29.3 Å². The first-order valence-electron chi connectivity index (χ1n) is 7.64. The molecule has 0 spiro atoms. The number of carboxylic acid groups (broad SMARTS) is 2. The molecule has 6 heteroatoms. The Morgan fingerprint density at radius 1 is 0.577 bits per heavy atom. The maximum Gasteiger partial charge on any atom is 0.335 e. The van der Waals surface area contributed by atoms with Crippen LogP contribution < -0.4 is 9.47 Å². The number of carboxylic acids is 2. The molecule has 0 bridgehead atoms. The molecule has 0 radical (unpaired) electrons. The molecule has 0 saturated heterocycles. The number of carbonyl (C=O) groups is 2. The zero-order valence-electron chi connectivity index (χ0n) is 13.5. The van der Waals surface area contributed by atoms with Gasteiger partial charge in [-0.15, -0.1) is 0 Å². The van der Waals surface area contributed by atoms with Gasteiger partial charge in [-0.1, -0.05) is 12.1 Å². The highest BCUT2D eigenvalue weighted by Crippen LogP contribution is 2.28. The van der Waals surface area contributed by atoms with Gasteiger partial charge in [-0.25, -0.2) is 9.59 Å². The first-order chi connectivity index (χ1) is 12.5. The minimum Gasteiger partial charge on any atom is -0.478 e. The van der Waals surface area contributed by atoms with E-state index in [4.69, 9.17) is 19.7 Å². The van der Waals surface area contributed by atoms with Gasteiger partial charge < -0.3 is 19.7 Å². The molecule has 0 aromatic heterocycles. The summed E-state index contributed by atoms with van der Waals surface area (Å²) in [6.45, 7) is 0. The molecule has 0 aliphatic rings. The summed E-state index contributed by atoms with van der Waals surface area (Å²) in [5.41, 5.74) is 0.307. The van der Waals surface area contributed by atoms with Crippen LogP contribution in [0, 0.1) is 0 Å². The highest BCUT2D eigenvalue weighted by molar-refractivity contribution is 5.88. The summed E-state index contributed by atoms with van der Waals surface area (Å²) in [6.07, 6.45) is 0. The Morgan fingerprint density at radius 3 is 1.65 bits per heavy atom. The van der Waals surface area contributed by atoms with Gasteiger partial charge in [-0.2, -0.15) is 0 Å². The minimum atomic E-state index is -1.03. The van der Waals surface area contributed by atoms with Crippen LogP contribution in [-0.4, -0.2) is 22.2 Å². The van der Waals surface area contributed by atoms with Gasteiger partial charge in [0.2, 0.25) is 0 Å². The minimum absolute atomic E-state index is 0.133.